The van der Waals surface area contributed by atoms with Crippen LogP contribution in [0.25, 0.3) is 21.5 Å². The molecule has 0 radical (unpaired) electrons. The van der Waals surface area contributed by atoms with Gasteiger partial charge >= 0.3 is 5.97 Å². The number of amides is 2. The number of rotatable bonds is 5. The van der Waals surface area contributed by atoms with Gasteiger partial charge in [0, 0.05) is 21.5 Å². The Morgan fingerprint density at radius 2 is 1.14 bits per heavy atom. The molecule has 0 atom stereocenters. The number of pyridine rings is 2. The lowest BCUT2D eigenvalue weighted by Crippen LogP contribution is -2.53. The first-order valence-electron chi connectivity index (χ1n) is 9.78. The summed E-state index contributed by atoms with van der Waals surface area (Å²) in [5, 5.41) is 34.9. The number of benzene rings is 2. The van der Waals surface area contributed by atoms with Crippen molar-refractivity contribution < 1.29 is 38.5 Å². The van der Waals surface area contributed by atoms with Gasteiger partial charge in [-0.1, -0.05) is 0 Å². The van der Waals surface area contributed by atoms with E-state index in [4.69, 9.17) is 0 Å². The number of hydrogen-bond acceptors (Lipinski definition) is 7. The Hall–Kier alpha value is -3.91. The fraction of sp³-hybridized carbons (Fsp3) is 0.0455. The van der Waals surface area contributed by atoms with Crippen LogP contribution in [0, 0.1) is 11.6 Å². The normalized spacial score (nSPS) is 11.1. The van der Waals surface area contributed by atoms with Gasteiger partial charge in [0.05, 0.1) is 0 Å². The van der Waals surface area contributed by atoms with Crippen molar-refractivity contribution in [1.29, 1.82) is 0 Å². The molecule has 0 saturated heterocycles. The van der Waals surface area contributed by atoms with E-state index >= 15 is 0 Å². The number of carboxylic acids is 1. The molecule has 10 nitrogen and oxygen atoms in total. The summed E-state index contributed by atoms with van der Waals surface area (Å²) >= 11 is 6.14. The number of hydrogen-bond donors (Lipinski definition) is 5. The van der Waals surface area contributed by atoms with E-state index in [9.17, 15) is 38.5 Å². The molecule has 0 aliphatic rings. The average molecular weight is 626 g/mol. The van der Waals surface area contributed by atoms with E-state index in [1.54, 1.807) is 0 Å². The zero-order chi connectivity index (χ0) is 26.3. The van der Waals surface area contributed by atoms with Crippen LogP contribution < -0.4 is 10.6 Å². The Morgan fingerprint density at radius 1 is 0.750 bits per heavy atom. The lowest BCUT2D eigenvalue weighted by Gasteiger charge is -2.17. The highest BCUT2D eigenvalue weighted by Gasteiger charge is 2.28. The average Bonchev–Trinajstić information content (AvgIpc) is 2.82. The Bertz CT molecular complexity index is 1490. The predicted molar refractivity (Wildman–Crippen MR) is 128 cm³/mol. The van der Waals surface area contributed by atoms with Crippen LogP contribution in [0.4, 0.5) is 8.78 Å². The molecule has 4 rings (SSSR count). The highest BCUT2D eigenvalue weighted by molar-refractivity contribution is 9.10. The van der Waals surface area contributed by atoms with Crippen molar-refractivity contribution >= 4 is 71.2 Å². The van der Waals surface area contributed by atoms with E-state index in [1.165, 1.54) is 12.1 Å². The minimum absolute atomic E-state index is 0.00225. The number of carboxylic acid groups (broad SMARTS) is 1. The molecule has 0 spiro atoms. The first-order valence-corrected chi connectivity index (χ1v) is 11.4. The molecule has 0 fully saturated rings. The van der Waals surface area contributed by atoms with Crippen molar-refractivity contribution in [2.24, 2.45) is 0 Å². The second-order valence-corrected chi connectivity index (χ2v) is 8.80. The first kappa shape index (κ1) is 25.2. The highest BCUT2D eigenvalue weighted by atomic mass is 79.9. The van der Waals surface area contributed by atoms with Gasteiger partial charge in [0.1, 0.15) is 20.8 Å². The summed E-state index contributed by atoms with van der Waals surface area (Å²) in [6, 6.07) is 6.65. The third-order valence-corrected chi connectivity index (χ3v) is 6.22. The summed E-state index contributed by atoms with van der Waals surface area (Å²) in [6.45, 7) is 0. The maximum absolute atomic E-state index is 13.5. The van der Waals surface area contributed by atoms with Crippen LogP contribution in [0.15, 0.2) is 45.6 Å². The lowest BCUT2D eigenvalue weighted by molar-refractivity contribution is -0.139. The number of aliphatic carboxylic acids is 1. The molecule has 2 aromatic heterocycles. The molecule has 5 N–H and O–H groups in total. The standard InChI is InChI=1S/C22H12Br2F2N4O6/c23-17-11-5-7(25)1-3-9(11)15(31)13(27-17)20(33)29-19(22(35)36)30-21(34)14-16(32)10-4-2-8(26)6-12(10)18(24)28-14/h1-6,19,31-32H,(H,29,33)(H,30,34)(H,35,36). The molecule has 2 heterocycles. The lowest BCUT2D eigenvalue weighted by atomic mass is 10.1. The van der Waals surface area contributed by atoms with Crippen molar-refractivity contribution in [2.45, 2.75) is 6.17 Å². The van der Waals surface area contributed by atoms with Gasteiger partial charge in [0.2, 0.25) is 6.17 Å². The van der Waals surface area contributed by atoms with Crippen LogP contribution in [0.1, 0.15) is 21.0 Å². The van der Waals surface area contributed by atoms with Gasteiger partial charge in [-0.2, -0.15) is 0 Å². The third kappa shape index (κ3) is 4.64. The molecule has 0 unspecified atom stereocenters. The summed E-state index contributed by atoms with van der Waals surface area (Å²) in [7, 11) is 0. The molecular formula is C22H12Br2F2N4O6. The van der Waals surface area contributed by atoms with Gasteiger partial charge in [-0.15, -0.1) is 0 Å². The Morgan fingerprint density at radius 3 is 1.50 bits per heavy atom. The fourth-order valence-corrected chi connectivity index (χ4v) is 4.35. The Labute approximate surface area is 216 Å². The minimum Gasteiger partial charge on any atom is -0.505 e. The number of aromatic hydroxyl groups is 2. The van der Waals surface area contributed by atoms with Crippen LogP contribution in [0.3, 0.4) is 0 Å². The summed E-state index contributed by atoms with van der Waals surface area (Å²) in [5.74, 6) is -6.58. The SMILES string of the molecule is O=C(NC(NC(=O)c1nc(Br)c2cc(F)ccc2c1O)C(=O)O)c1nc(Br)c2cc(F)ccc2c1O. The Kier molecular flexibility index (Phi) is 6.73. The zero-order valence-electron chi connectivity index (χ0n) is 17.5. The molecule has 36 heavy (non-hydrogen) atoms. The summed E-state index contributed by atoms with van der Waals surface area (Å²) in [5.41, 5.74) is -1.20. The van der Waals surface area contributed by atoms with Crippen molar-refractivity contribution in [2.75, 3.05) is 0 Å². The van der Waals surface area contributed by atoms with Gasteiger partial charge in [-0.3, -0.25) is 9.59 Å². The largest absolute Gasteiger partial charge is 0.505 e. The molecule has 0 aliphatic heterocycles. The van der Waals surface area contributed by atoms with Crippen LogP contribution in [-0.2, 0) is 4.79 Å². The number of carbonyl (C=O) groups is 3. The molecule has 4 aromatic rings. The fourth-order valence-electron chi connectivity index (χ4n) is 3.34. The molecule has 184 valence electrons. The second-order valence-electron chi connectivity index (χ2n) is 7.30. The first-order chi connectivity index (χ1) is 17.0. The van der Waals surface area contributed by atoms with E-state index < -0.39 is 58.5 Å². The zero-order valence-corrected chi connectivity index (χ0v) is 20.7. The molecule has 0 saturated carbocycles. The molecule has 14 heteroatoms. The van der Waals surface area contributed by atoms with Crippen molar-refractivity contribution in [1.82, 2.24) is 20.6 Å². The number of fused-ring (bicyclic) bond motifs is 2. The Balaban J connectivity index is 1.63. The van der Waals surface area contributed by atoms with Gasteiger partial charge in [-0.05, 0) is 68.3 Å². The van der Waals surface area contributed by atoms with E-state index in [-0.39, 0.29) is 30.8 Å². The minimum atomic E-state index is -2.04. The maximum Gasteiger partial charge on any atom is 0.347 e. The van der Waals surface area contributed by atoms with Crippen molar-refractivity contribution in [3.8, 4) is 11.5 Å². The third-order valence-electron chi connectivity index (χ3n) is 5.01. The van der Waals surface area contributed by atoms with Crippen LogP contribution in [-0.4, -0.2) is 49.2 Å². The summed E-state index contributed by atoms with van der Waals surface area (Å²) in [4.78, 5) is 44.9. The summed E-state index contributed by atoms with van der Waals surface area (Å²) < 4.78 is 27.1. The van der Waals surface area contributed by atoms with Crippen molar-refractivity contribution in [3.05, 3.63) is 68.6 Å². The number of aromatic nitrogens is 2. The van der Waals surface area contributed by atoms with Crippen LogP contribution in [0.5, 0.6) is 11.5 Å². The smallest absolute Gasteiger partial charge is 0.347 e. The molecule has 0 aliphatic carbocycles. The van der Waals surface area contributed by atoms with E-state index in [2.05, 4.69) is 41.8 Å². The van der Waals surface area contributed by atoms with E-state index in [0.717, 1.165) is 24.3 Å². The molecule has 2 aromatic carbocycles. The van der Waals surface area contributed by atoms with E-state index in [1.807, 2.05) is 10.6 Å². The number of halogens is 4. The number of nitrogens with one attached hydrogen (secondary N) is 2. The van der Waals surface area contributed by atoms with E-state index in [0.29, 0.717) is 0 Å². The van der Waals surface area contributed by atoms with Gasteiger partial charge in [0.25, 0.3) is 11.8 Å². The predicted octanol–water partition coefficient (Wildman–Crippen LogP) is 3.57. The molecular weight excluding hydrogens is 614 g/mol. The highest BCUT2D eigenvalue weighted by Crippen LogP contribution is 2.34. The second kappa shape index (κ2) is 9.62. The number of nitrogens with zero attached hydrogens (tertiary/aromatic N) is 2. The molecule has 0 bridgehead atoms. The topological polar surface area (TPSA) is 162 Å². The quantitative estimate of drug-likeness (QED) is 0.166. The van der Waals surface area contributed by atoms with Gasteiger partial charge in [-0.25, -0.2) is 23.5 Å². The van der Waals surface area contributed by atoms with Gasteiger partial charge < -0.3 is 26.0 Å². The number of carbonyl (C=O) groups excluding carboxylic acids is 2. The van der Waals surface area contributed by atoms with Crippen molar-refractivity contribution in [3.63, 3.8) is 0 Å². The van der Waals surface area contributed by atoms with Crippen LogP contribution in [0.2, 0.25) is 0 Å². The van der Waals surface area contributed by atoms with Gasteiger partial charge in [0.15, 0.2) is 22.9 Å². The molecule has 2 amide bonds. The monoisotopic (exact) mass is 624 g/mol. The maximum atomic E-state index is 13.5. The van der Waals surface area contributed by atoms with Crippen LogP contribution >= 0.6 is 31.9 Å². The summed E-state index contributed by atoms with van der Waals surface area (Å²) in [6.07, 6.45) is -2.04.